The maximum atomic E-state index is 13.1. The number of fused-ring (bicyclic) bond motifs is 1. The van der Waals surface area contributed by atoms with Crippen LogP contribution in [-0.4, -0.2) is 47.0 Å². The zero-order valence-corrected chi connectivity index (χ0v) is 22.2. The Balaban J connectivity index is 1.57. The van der Waals surface area contributed by atoms with E-state index in [-0.39, 0.29) is 11.5 Å². The van der Waals surface area contributed by atoms with Gasteiger partial charge in [0.25, 0.3) is 15.9 Å². The second kappa shape index (κ2) is 10.8. The molecule has 190 valence electrons. The third kappa shape index (κ3) is 5.16. The van der Waals surface area contributed by atoms with Gasteiger partial charge in [0.2, 0.25) is 0 Å². The molecule has 1 amide bonds. The van der Waals surface area contributed by atoms with Crippen molar-refractivity contribution in [2.24, 2.45) is 0 Å². The molecule has 1 aromatic heterocycles. The number of nitrogens with zero attached hydrogens (tertiary/aromatic N) is 1. The topological polar surface area (TPSA) is 97.2 Å². The molecule has 10 heteroatoms. The molecule has 0 fully saturated rings. The molecule has 1 aliphatic rings. The van der Waals surface area contributed by atoms with Crippen LogP contribution in [0.25, 0.3) is 0 Å². The average molecular weight is 529 g/mol. The predicted octanol–water partition coefficient (Wildman–Crippen LogP) is 2.96. The lowest BCUT2D eigenvalue weighted by molar-refractivity contribution is -0.913. The Morgan fingerprint density at radius 3 is 2.42 bits per heavy atom. The number of amides is 1. The summed E-state index contributed by atoms with van der Waals surface area (Å²) >= 11 is 1.41. The highest BCUT2D eigenvalue weighted by Crippen LogP contribution is 2.35. The minimum Gasteiger partial charge on any atom is -0.462 e. The van der Waals surface area contributed by atoms with Gasteiger partial charge in [-0.3, -0.25) is 9.10 Å². The first-order valence-corrected chi connectivity index (χ1v) is 14.1. The molecule has 1 unspecified atom stereocenters. The number of benzene rings is 2. The Hall–Kier alpha value is -3.21. The maximum Gasteiger partial charge on any atom is 0.341 e. The number of hydrogen-bond acceptors (Lipinski definition) is 6. The average Bonchev–Trinajstić information content (AvgIpc) is 3.25. The normalized spacial score (nSPS) is 15.1. The van der Waals surface area contributed by atoms with Gasteiger partial charge in [-0.05, 0) is 55.8 Å². The number of likely N-dealkylation sites (N-methyl/N-ethyl adjacent to an activating group) is 1. The molecule has 8 nitrogen and oxygen atoms in total. The molecule has 2 N–H and O–H groups in total. The molecular formula is C26H30N3O5S2+. The third-order valence-electron chi connectivity index (χ3n) is 6.33. The minimum atomic E-state index is -3.79. The van der Waals surface area contributed by atoms with Crippen molar-refractivity contribution >= 4 is 43.9 Å². The fourth-order valence-electron chi connectivity index (χ4n) is 4.23. The summed E-state index contributed by atoms with van der Waals surface area (Å²) in [7, 11) is -2.30. The molecule has 2 heterocycles. The Morgan fingerprint density at radius 1 is 1.08 bits per heavy atom. The minimum absolute atomic E-state index is 0.0758. The van der Waals surface area contributed by atoms with Gasteiger partial charge in [0.15, 0.2) is 0 Å². The number of rotatable bonds is 8. The van der Waals surface area contributed by atoms with Crippen molar-refractivity contribution in [3.8, 4) is 0 Å². The van der Waals surface area contributed by atoms with E-state index in [0.717, 1.165) is 36.5 Å². The number of hydrogen-bond donors (Lipinski definition) is 2. The number of carbonyl (C=O) groups is 2. The maximum absolute atomic E-state index is 13.1. The molecule has 0 saturated heterocycles. The van der Waals surface area contributed by atoms with Gasteiger partial charge in [0.05, 0.1) is 40.7 Å². The predicted molar refractivity (Wildman–Crippen MR) is 140 cm³/mol. The molecule has 0 radical (unpaired) electrons. The first-order chi connectivity index (χ1) is 17.3. The van der Waals surface area contributed by atoms with Crippen LogP contribution < -0.4 is 14.5 Å². The lowest BCUT2D eigenvalue weighted by atomic mass is 10.0. The highest BCUT2D eigenvalue weighted by Gasteiger charge is 2.31. The van der Waals surface area contributed by atoms with Gasteiger partial charge in [-0.2, -0.15) is 0 Å². The summed E-state index contributed by atoms with van der Waals surface area (Å²) in [5.74, 6) is -0.852. The van der Waals surface area contributed by atoms with Crippen LogP contribution in [-0.2, 0) is 27.7 Å². The number of quaternary nitrogens is 1. The van der Waals surface area contributed by atoms with Gasteiger partial charge in [-0.15, -0.1) is 11.3 Å². The van der Waals surface area contributed by atoms with Crippen molar-refractivity contribution in [2.75, 3.05) is 36.4 Å². The van der Waals surface area contributed by atoms with Gasteiger partial charge in [-0.25, -0.2) is 13.2 Å². The van der Waals surface area contributed by atoms with Crippen LogP contribution in [0, 0.1) is 0 Å². The Labute approximate surface area is 215 Å². The number of sulfonamides is 1. The van der Waals surface area contributed by atoms with Crippen molar-refractivity contribution in [3.05, 3.63) is 76.2 Å². The summed E-state index contributed by atoms with van der Waals surface area (Å²) in [6, 6.07) is 14.5. The largest absolute Gasteiger partial charge is 0.462 e. The zero-order valence-electron chi connectivity index (χ0n) is 20.5. The molecule has 1 atom stereocenters. The van der Waals surface area contributed by atoms with Gasteiger partial charge in [-0.1, -0.05) is 18.2 Å². The first kappa shape index (κ1) is 25.9. The molecule has 3 aromatic rings. The first-order valence-electron chi connectivity index (χ1n) is 11.9. The van der Waals surface area contributed by atoms with Gasteiger partial charge in [0, 0.05) is 19.0 Å². The Morgan fingerprint density at radius 2 is 1.78 bits per heavy atom. The van der Waals surface area contributed by atoms with E-state index in [9.17, 15) is 18.0 Å². The number of thiophene rings is 1. The lowest BCUT2D eigenvalue weighted by Crippen LogP contribution is -3.11. The second-order valence-electron chi connectivity index (χ2n) is 8.50. The highest BCUT2D eigenvalue weighted by molar-refractivity contribution is 7.92. The SMILES string of the molecule is CCOC(=O)c1c(NC(=O)c2ccc(S(=O)(=O)N(C)c3ccccc3)cc2)sc2c1CC[NH+](CC)C2. The molecule has 36 heavy (non-hydrogen) atoms. The fraction of sp³-hybridized carbons (Fsp3) is 0.308. The van der Waals surface area contributed by atoms with Gasteiger partial charge in [0.1, 0.15) is 11.5 Å². The van der Waals surface area contributed by atoms with Crippen molar-refractivity contribution < 1.29 is 27.6 Å². The van der Waals surface area contributed by atoms with E-state index < -0.39 is 21.9 Å². The quantitative estimate of drug-likeness (QED) is 0.438. The second-order valence-corrected chi connectivity index (χ2v) is 11.6. The van der Waals surface area contributed by atoms with E-state index in [2.05, 4.69) is 12.2 Å². The van der Waals surface area contributed by atoms with Crippen molar-refractivity contribution in [2.45, 2.75) is 31.7 Å². The van der Waals surface area contributed by atoms with E-state index in [1.807, 2.05) is 6.07 Å². The van der Waals surface area contributed by atoms with Gasteiger partial charge >= 0.3 is 5.97 Å². The Bertz CT molecular complexity index is 1350. The molecular weight excluding hydrogens is 498 g/mol. The third-order valence-corrected chi connectivity index (χ3v) is 9.28. The van der Waals surface area contributed by atoms with E-state index in [0.29, 0.717) is 21.8 Å². The number of esters is 1. The van der Waals surface area contributed by atoms with Crippen LogP contribution >= 0.6 is 11.3 Å². The van der Waals surface area contributed by atoms with Crippen molar-refractivity contribution in [1.82, 2.24) is 0 Å². The van der Waals surface area contributed by atoms with E-state index in [4.69, 9.17) is 4.74 Å². The number of carbonyl (C=O) groups excluding carboxylic acids is 2. The lowest BCUT2D eigenvalue weighted by Gasteiger charge is -2.22. The van der Waals surface area contributed by atoms with Crippen LogP contribution in [0.3, 0.4) is 0 Å². The van der Waals surface area contributed by atoms with Crippen LogP contribution in [0.5, 0.6) is 0 Å². The molecule has 0 aliphatic carbocycles. The highest BCUT2D eigenvalue weighted by atomic mass is 32.2. The smallest absolute Gasteiger partial charge is 0.341 e. The molecule has 0 spiro atoms. The standard InChI is InChI=1S/C26H29N3O5S2/c1-4-29-16-15-21-22(17-29)35-25(23(21)26(31)34-5-2)27-24(30)18-11-13-20(14-12-18)36(32,33)28(3)19-9-7-6-8-10-19/h6-14H,4-5,15-17H2,1-3H3,(H,27,30)/p+1. The molecule has 0 bridgehead atoms. The number of para-hydroxylation sites is 1. The summed E-state index contributed by atoms with van der Waals surface area (Å²) in [5.41, 5.74) is 2.22. The fourth-order valence-corrected chi connectivity index (χ4v) is 6.73. The monoisotopic (exact) mass is 528 g/mol. The van der Waals surface area contributed by atoms with Crippen LogP contribution in [0.4, 0.5) is 10.7 Å². The summed E-state index contributed by atoms with van der Waals surface area (Å²) < 4.78 is 32.5. The zero-order chi connectivity index (χ0) is 25.9. The summed E-state index contributed by atoms with van der Waals surface area (Å²) in [4.78, 5) is 28.4. The van der Waals surface area contributed by atoms with E-state index in [1.165, 1.54) is 51.9 Å². The van der Waals surface area contributed by atoms with Gasteiger partial charge < -0.3 is 15.0 Å². The molecule has 2 aromatic carbocycles. The number of anilines is 2. The van der Waals surface area contributed by atoms with E-state index >= 15 is 0 Å². The molecule has 0 saturated carbocycles. The summed E-state index contributed by atoms with van der Waals surface area (Å²) in [6.07, 6.45) is 0.751. The Kier molecular flexibility index (Phi) is 7.77. The van der Waals surface area contributed by atoms with E-state index in [1.54, 1.807) is 31.2 Å². The molecule has 1 aliphatic heterocycles. The summed E-state index contributed by atoms with van der Waals surface area (Å²) in [5, 5.41) is 3.35. The van der Waals surface area contributed by atoms with Crippen molar-refractivity contribution in [1.29, 1.82) is 0 Å². The van der Waals surface area contributed by atoms with Crippen LogP contribution in [0.1, 0.15) is 45.0 Å². The summed E-state index contributed by atoms with van der Waals surface area (Å²) in [6.45, 7) is 6.85. The number of ether oxygens (including phenoxy) is 1. The number of nitrogens with one attached hydrogen (secondary N) is 2. The van der Waals surface area contributed by atoms with Crippen LogP contribution in [0.15, 0.2) is 59.5 Å². The van der Waals surface area contributed by atoms with Crippen LogP contribution in [0.2, 0.25) is 0 Å². The molecule has 4 rings (SSSR count). The van der Waals surface area contributed by atoms with Crippen molar-refractivity contribution in [3.63, 3.8) is 0 Å².